The molecule has 0 aliphatic carbocycles. The number of hydrogen-bond donors (Lipinski definition) is 1. The summed E-state index contributed by atoms with van der Waals surface area (Å²) in [5.41, 5.74) is 1.70. The minimum absolute atomic E-state index is 0.167. The number of anilines is 1. The van der Waals surface area contributed by atoms with Crippen LogP contribution < -0.4 is 10.1 Å². The number of piperidine rings is 1. The Morgan fingerprint density at radius 2 is 1.94 bits per heavy atom. The van der Waals surface area contributed by atoms with E-state index in [1.54, 1.807) is 30.3 Å². The van der Waals surface area contributed by atoms with Crippen LogP contribution in [-0.2, 0) is 14.8 Å². The Labute approximate surface area is 192 Å². The summed E-state index contributed by atoms with van der Waals surface area (Å²) in [5, 5.41) is 5.26. The van der Waals surface area contributed by atoms with Gasteiger partial charge in [0.15, 0.2) is 5.13 Å². The first kappa shape index (κ1) is 22.4. The largest absolute Gasteiger partial charge is 0.494 e. The molecule has 0 spiro atoms. The lowest BCUT2D eigenvalue weighted by Crippen LogP contribution is -2.43. The SMILES string of the molecule is CCOc1ccc(-c2csc(NC(=O)C3CCCN(S(=O)(=O)c4ccccc4)C3)n2)cc1. The van der Waals surface area contributed by atoms with Crippen molar-refractivity contribution in [2.45, 2.75) is 24.7 Å². The van der Waals surface area contributed by atoms with Crippen LogP contribution in [0.15, 0.2) is 64.9 Å². The minimum Gasteiger partial charge on any atom is -0.494 e. The van der Waals surface area contributed by atoms with Crippen molar-refractivity contribution in [2.24, 2.45) is 5.92 Å². The lowest BCUT2D eigenvalue weighted by molar-refractivity contribution is -0.120. The molecule has 1 aliphatic heterocycles. The van der Waals surface area contributed by atoms with Gasteiger partial charge in [-0.1, -0.05) is 18.2 Å². The van der Waals surface area contributed by atoms with E-state index in [2.05, 4.69) is 10.3 Å². The standard InChI is InChI=1S/C23H25N3O4S2/c1-2-30-19-12-10-17(11-13-19)21-16-31-23(24-21)25-22(27)18-7-6-14-26(15-18)32(28,29)20-8-4-3-5-9-20/h3-5,8-13,16,18H,2,6-7,14-15H2,1H3,(H,24,25,27). The zero-order valence-electron chi connectivity index (χ0n) is 17.7. The minimum atomic E-state index is -3.61. The maximum Gasteiger partial charge on any atom is 0.243 e. The third kappa shape index (κ3) is 5.01. The molecule has 4 rings (SSSR count). The molecule has 1 atom stereocenters. The Bertz CT molecular complexity index is 1160. The number of hydrogen-bond acceptors (Lipinski definition) is 6. The molecule has 9 heteroatoms. The van der Waals surface area contributed by atoms with Crippen molar-refractivity contribution in [2.75, 3.05) is 25.0 Å². The summed E-state index contributed by atoms with van der Waals surface area (Å²) < 4.78 is 32.7. The average molecular weight is 472 g/mol. The zero-order valence-corrected chi connectivity index (χ0v) is 19.4. The molecule has 1 amide bonds. The number of benzene rings is 2. The quantitative estimate of drug-likeness (QED) is 0.557. The molecule has 2 aromatic carbocycles. The number of nitrogens with one attached hydrogen (secondary N) is 1. The van der Waals surface area contributed by atoms with Gasteiger partial charge in [0.2, 0.25) is 15.9 Å². The monoisotopic (exact) mass is 471 g/mol. The van der Waals surface area contributed by atoms with Crippen LogP contribution in [0.25, 0.3) is 11.3 Å². The number of ether oxygens (including phenoxy) is 1. The number of rotatable bonds is 7. The van der Waals surface area contributed by atoms with Gasteiger partial charge >= 0.3 is 0 Å². The normalized spacial score (nSPS) is 17.1. The van der Waals surface area contributed by atoms with Crippen LogP contribution in [0.5, 0.6) is 5.75 Å². The number of nitrogens with zero attached hydrogens (tertiary/aromatic N) is 2. The van der Waals surface area contributed by atoms with Crippen molar-refractivity contribution in [1.29, 1.82) is 0 Å². The highest BCUT2D eigenvalue weighted by Gasteiger charge is 2.33. The van der Waals surface area contributed by atoms with E-state index in [-0.39, 0.29) is 17.3 Å². The number of amides is 1. The zero-order chi connectivity index (χ0) is 22.6. The summed E-state index contributed by atoms with van der Waals surface area (Å²) in [6.45, 7) is 3.13. The second-order valence-electron chi connectivity index (χ2n) is 7.50. The van der Waals surface area contributed by atoms with Gasteiger partial charge in [-0.15, -0.1) is 11.3 Å². The molecule has 32 heavy (non-hydrogen) atoms. The second kappa shape index (κ2) is 9.81. The summed E-state index contributed by atoms with van der Waals surface area (Å²) >= 11 is 1.35. The molecular formula is C23H25N3O4S2. The number of carbonyl (C=O) groups excluding carboxylic acids is 1. The highest BCUT2D eigenvalue weighted by atomic mass is 32.2. The number of carbonyl (C=O) groups is 1. The van der Waals surface area contributed by atoms with E-state index in [9.17, 15) is 13.2 Å². The Morgan fingerprint density at radius 1 is 1.19 bits per heavy atom. The number of thiazole rings is 1. The van der Waals surface area contributed by atoms with Crippen molar-refractivity contribution in [3.63, 3.8) is 0 Å². The summed E-state index contributed by atoms with van der Waals surface area (Å²) in [7, 11) is -3.61. The van der Waals surface area contributed by atoms with E-state index in [0.717, 1.165) is 17.0 Å². The van der Waals surface area contributed by atoms with E-state index < -0.39 is 15.9 Å². The number of sulfonamides is 1. The fourth-order valence-electron chi connectivity index (χ4n) is 3.68. The molecule has 0 bridgehead atoms. The smallest absolute Gasteiger partial charge is 0.243 e. The third-order valence-electron chi connectivity index (χ3n) is 5.33. The highest BCUT2D eigenvalue weighted by Crippen LogP contribution is 2.28. The fourth-order valence-corrected chi connectivity index (χ4v) is 5.94. The summed E-state index contributed by atoms with van der Waals surface area (Å²) in [5.74, 6) is 0.179. The topological polar surface area (TPSA) is 88.6 Å². The van der Waals surface area contributed by atoms with E-state index >= 15 is 0 Å². The average Bonchev–Trinajstić information content (AvgIpc) is 3.29. The molecule has 0 radical (unpaired) electrons. The summed E-state index contributed by atoms with van der Waals surface area (Å²) in [6.07, 6.45) is 1.28. The fraction of sp³-hybridized carbons (Fsp3) is 0.304. The summed E-state index contributed by atoms with van der Waals surface area (Å²) in [4.78, 5) is 17.6. The van der Waals surface area contributed by atoms with Gasteiger partial charge in [-0.05, 0) is 56.2 Å². The third-order valence-corrected chi connectivity index (χ3v) is 7.97. The first-order valence-electron chi connectivity index (χ1n) is 10.5. The Morgan fingerprint density at radius 3 is 2.66 bits per heavy atom. The van der Waals surface area contributed by atoms with Gasteiger partial charge in [-0.2, -0.15) is 4.31 Å². The van der Waals surface area contributed by atoms with Gasteiger partial charge in [0.1, 0.15) is 5.75 Å². The van der Waals surface area contributed by atoms with Gasteiger partial charge in [-0.3, -0.25) is 4.79 Å². The van der Waals surface area contributed by atoms with Crippen LogP contribution in [0.4, 0.5) is 5.13 Å². The molecule has 3 aromatic rings. The Kier molecular flexibility index (Phi) is 6.88. The van der Waals surface area contributed by atoms with Gasteiger partial charge in [0.05, 0.1) is 23.1 Å². The van der Waals surface area contributed by atoms with Crippen LogP contribution in [-0.4, -0.2) is 43.3 Å². The molecule has 1 saturated heterocycles. The van der Waals surface area contributed by atoms with Gasteiger partial charge in [-0.25, -0.2) is 13.4 Å². The van der Waals surface area contributed by atoms with Crippen LogP contribution in [0.1, 0.15) is 19.8 Å². The highest BCUT2D eigenvalue weighted by molar-refractivity contribution is 7.89. The molecule has 168 valence electrons. The molecule has 0 saturated carbocycles. The maximum atomic E-state index is 12.9. The van der Waals surface area contributed by atoms with Gasteiger partial charge in [0, 0.05) is 24.0 Å². The molecule has 7 nitrogen and oxygen atoms in total. The molecular weight excluding hydrogens is 446 g/mol. The second-order valence-corrected chi connectivity index (χ2v) is 10.3. The number of aromatic nitrogens is 1. The van der Waals surface area contributed by atoms with Crippen molar-refractivity contribution >= 4 is 32.4 Å². The predicted octanol–water partition coefficient (Wildman–Crippen LogP) is 4.25. The molecule has 1 aromatic heterocycles. The van der Waals surface area contributed by atoms with Crippen molar-refractivity contribution in [3.8, 4) is 17.0 Å². The van der Waals surface area contributed by atoms with E-state index in [0.29, 0.717) is 31.1 Å². The van der Waals surface area contributed by atoms with E-state index in [4.69, 9.17) is 4.74 Å². The van der Waals surface area contributed by atoms with Crippen molar-refractivity contribution < 1.29 is 17.9 Å². The molecule has 1 aliphatic rings. The molecule has 1 fully saturated rings. The van der Waals surface area contributed by atoms with Crippen molar-refractivity contribution in [1.82, 2.24) is 9.29 Å². The van der Waals surface area contributed by atoms with Gasteiger partial charge < -0.3 is 10.1 Å². The molecule has 2 heterocycles. The first-order valence-corrected chi connectivity index (χ1v) is 12.8. The first-order chi connectivity index (χ1) is 15.5. The Balaban J connectivity index is 1.41. The maximum absolute atomic E-state index is 12.9. The molecule has 1 unspecified atom stereocenters. The molecule has 1 N–H and O–H groups in total. The van der Waals surface area contributed by atoms with Crippen LogP contribution in [0.3, 0.4) is 0 Å². The van der Waals surface area contributed by atoms with Gasteiger partial charge in [0.25, 0.3) is 0 Å². The van der Waals surface area contributed by atoms with Crippen LogP contribution >= 0.6 is 11.3 Å². The van der Waals surface area contributed by atoms with E-state index in [1.807, 2.05) is 36.6 Å². The summed E-state index contributed by atoms with van der Waals surface area (Å²) in [6, 6.07) is 16.0. The van der Waals surface area contributed by atoms with Crippen LogP contribution in [0.2, 0.25) is 0 Å². The Hall–Kier alpha value is -2.75. The predicted molar refractivity (Wildman–Crippen MR) is 125 cm³/mol. The van der Waals surface area contributed by atoms with Crippen LogP contribution in [0, 0.1) is 5.92 Å². The lowest BCUT2D eigenvalue weighted by Gasteiger charge is -2.31. The van der Waals surface area contributed by atoms with E-state index in [1.165, 1.54) is 15.6 Å². The lowest BCUT2D eigenvalue weighted by atomic mass is 9.99. The van der Waals surface area contributed by atoms with Crippen molar-refractivity contribution in [3.05, 3.63) is 60.0 Å².